The van der Waals surface area contributed by atoms with Gasteiger partial charge in [0.25, 0.3) is 0 Å². The van der Waals surface area contributed by atoms with Crippen LogP contribution in [0.5, 0.6) is 0 Å². The van der Waals surface area contributed by atoms with Crippen molar-refractivity contribution >= 4 is 0 Å². The Hall–Kier alpha value is -0.0400. The number of ether oxygens (including phenoxy) is 1. The zero-order valence-corrected chi connectivity index (χ0v) is 15.5. The third-order valence-electron chi connectivity index (χ3n) is 6.07. The van der Waals surface area contributed by atoms with E-state index in [9.17, 15) is 0 Å². The molecule has 0 N–H and O–H groups in total. The topological polar surface area (TPSA) is 9.23 Å². The maximum atomic E-state index is 6.44. The van der Waals surface area contributed by atoms with Gasteiger partial charge in [-0.2, -0.15) is 0 Å². The van der Waals surface area contributed by atoms with E-state index in [1.807, 2.05) is 0 Å². The number of unbranched alkanes of at least 4 members (excludes halogenated alkanes) is 1. The summed E-state index contributed by atoms with van der Waals surface area (Å²) >= 11 is 0. The van der Waals surface area contributed by atoms with E-state index in [-0.39, 0.29) is 0 Å². The van der Waals surface area contributed by atoms with Crippen molar-refractivity contribution in [1.29, 1.82) is 0 Å². The zero-order chi connectivity index (χ0) is 15.8. The van der Waals surface area contributed by atoms with Crippen LogP contribution in [0, 0.1) is 29.6 Å². The first-order valence-corrected chi connectivity index (χ1v) is 9.68. The number of hydrogen-bond donors (Lipinski definition) is 0. The molecule has 21 heavy (non-hydrogen) atoms. The van der Waals surface area contributed by atoms with Crippen LogP contribution in [0.1, 0.15) is 86.5 Å². The minimum atomic E-state index is 0.494. The van der Waals surface area contributed by atoms with Gasteiger partial charge in [-0.3, -0.25) is 0 Å². The molecule has 1 nitrogen and oxygen atoms in total. The maximum Gasteiger partial charge on any atom is 0.0634 e. The lowest BCUT2D eigenvalue weighted by Gasteiger charge is -2.38. The summed E-state index contributed by atoms with van der Waals surface area (Å²) in [5.74, 6) is 3.95. The van der Waals surface area contributed by atoms with Gasteiger partial charge in [-0.15, -0.1) is 0 Å². The summed E-state index contributed by atoms with van der Waals surface area (Å²) in [6.07, 6.45) is 9.74. The molecule has 0 bridgehead atoms. The van der Waals surface area contributed by atoms with Gasteiger partial charge in [-0.05, 0) is 42.4 Å². The van der Waals surface area contributed by atoms with E-state index < -0.39 is 0 Å². The summed E-state index contributed by atoms with van der Waals surface area (Å²) < 4.78 is 6.44. The molecule has 126 valence electrons. The molecule has 0 saturated carbocycles. The molecule has 0 amide bonds. The molecule has 1 aliphatic heterocycles. The third kappa shape index (κ3) is 5.27. The molecule has 1 heteroatoms. The van der Waals surface area contributed by atoms with Crippen LogP contribution >= 0.6 is 0 Å². The third-order valence-corrected chi connectivity index (χ3v) is 6.07. The van der Waals surface area contributed by atoms with Crippen molar-refractivity contribution in [1.82, 2.24) is 0 Å². The highest BCUT2D eigenvalue weighted by Crippen LogP contribution is 2.40. The van der Waals surface area contributed by atoms with Crippen molar-refractivity contribution in [3.63, 3.8) is 0 Å². The molecule has 1 fully saturated rings. The van der Waals surface area contributed by atoms with Gasteiger partial charge < -0.3 is 4.74 Å². The molecule has 0 aliphatic carbocycles. The van der Waals surface area contributed by atoms with Gasteiger partial charge >= 0.3 is 0 Å². The lowest BCUT2D eigenvalue weighted by Crippen LogP contribution is -2.37. The van der Waals surface area contributed by atoms with Crippen LogP contribution in [-0.2, 0) is 4.74 Å². The molecule has 0 aromatic heterocycles. The van der Waals surface area contributed by atoms with Crippen molar-refractivity contribution in [2.75, 3.05) is 6.61 Å². The van der Waals surface area contributed by atoms with Crippen molar-refractivity contribution in [2.45, 2.75) is 92.6 Å². The van der Waals surface area contributed by atoms with E-state index in [0.29, 0.717) is 12.0 Å². The van der Waals surface area contributed by atoms with Crippen LogP contribution in [0.4, 0.5) is 0 Å². The van der Waals surface area contributed by atoms with Gasteiger partial charge in [0.05, 0.1) is 6.10 Å². The Morgan fingerprint density at radius 3 is 2.33 bits per heavy atom. The van der Waals surface area contributed by atoms with Crippen molar-refractivity contribution in [2.24, 2.45) is 29.6 Å². The first kappa shape index (κ1) is 19.0. The molecule has 1 heterocycles. The fourth-order valence-electron chi connectivity index (χ4n) is 4.69. The van der Waals surface area contributed by atoms with Crippen molar-refractivity contribution in [3.05, 3.63) is 0 Å². The Bertz CT molecular complexity index is 263. The smallest absolute Gasteiger partial charge is 0.0634 e. The SMILES string of the molecule is CCCCC(C(C)CCC)C1OCCC(C)C(CC)C1C. The lowest BCUT2D eigenvalue weighted by atomic mass is 9.71. The molecule has 1 rings (SSSR count). The Morgan fingerprint density at radius 2 is 1.76 bits per heavy atom. The van der Waals surface area contributed by atoms with E-state index in [1.165, 1.54) is 44.9 Å². The van der Waals surface area contributed by atoms with Gasteiger partial charge in [-0.25, -0.2) is 0 Å². The quantitative estimate of drug-likeness (QED) is 0.509. The Kier molecular flexibility index (Phi) is 8.94. The molecule has 6 atom stereocenters. The molecular weight excluding hydrogens is 256 g/mol. The molecular formula is C20H40O. The van der Waals surface area contributed by atoms with Gasteiger partial charge in [0, 0.05) is 6.61 Å². The van der Waals surface area contributed by atoms with E-state index in [0.717, 1.165) is 30.3 Å². The van der Waals surface area contributed by atoms with Gasteiger partial charge in [0.1, 0.15) is 0 Å². The van der Waals surface area contributed by atoms with E-state index in [1.54, 1.807) is 0 Å². The summed E-state index contributed by atoms with van der Waals surface area (Å²) in [7, 11) is 0. The van der Waals surface area contributed by atoms with Crippen LogP contribution in [0.15, 0.2) is 0 Å². The fourth-order valence-corrected chi connectivity index (χ4v) is 4.69. The largest absolute Gasteiger partial charge is 0.378 e. The predicted molar refractivity (Wildman–Crippen MR) is 93.6 cm³/mol. The second-order valence-electron chi connectivity index (χ2n) is 7.60. The summed E-state index contributed by atoms with van der Waals surface area (Å²) in [4.78, 5) is 0. The Balaban J connectivity index is 2.86. The first-order valence-electron chi connectivity index (χ1n) is 9.68. The van der Waals surface area contributed by atoms with Crippen LogP contribution in [0.3, 0.4) is 0 Å². The average molecular weight is 297 g/mol. The fraction of sp³-hybridized carbons (Fsp3) is 1.00. The number of hydrogen-bond acceptors (Lipinski definition) is 1. The molecule has 0 spiro atoms. The molecule has 6 unspecified atom stereocenters. The second kappa shape index (κ2) is 9.87. The number of rotatable bonds is 8. The van der Waals surface area contributed by atoms with Crippen LogP contribution < -0.4 is 0 Å². The highest BCUT2D eigenvalue weighted by Gasteiger charge is 2.37. The Morgan fingerprint density at radius 1 is 1.05 bits per heavy atom. The normalized spacial score (nSPS) is 33.4. The van der Waals surface area contributed by atoms with E-state index in [4.69, 9.17) is 4.74 Å². The zero-order valence-electron chi connectivity index (χ0n) is 15.5. The highest BCUT2D eigenvalue weighted by molar-refractivity contribution is 4.86. The van der Waals surface area contributed by atoms with E-state index in [2.05, 4.69) is 41.5 Å². The van der Waals surface area contributed by atoms with Crippen molar-refractivity contribution in [3.8, 4) is 0 Å². The van der Waals surface area contributed by atoms with E-state index >= 15 is 0 Å². The minimum Gasteiger partial charge on any atom is -0.378 e. The standard InChI is InChI=1S/C20H40O/c1-7-10-12-19(15(4)11-8-2)20-17(6)18(9-3)16(5)13-14-21-20/h15-20H,7-14H2,1-6H3. The van der Waals surface area contributed by atoms with Crippen LogP contribution in [0.25, 0.3) is 0 Å². The first-order chi connectivity index (χ1) is 10.1. The molecule has 0 radical (unpaired) electrons. The van der Waals surface area contributed by atoms with Gasteiger partial charge in [0.15, 0.2) is 0 Å². The van der Waals surface area contributed by atoms with Crippen LogP contribution in [-0.4, -0.2) is 12.7 Å². The summed E-state index contributed by atoms with van der Waals surface area (Å²) in [5, 5.41) is 0. The van der Waals surface area contributed by atoms with Gasteiger partial charge in [0.2, 0.25) is 0 Å². The monoisotopic (exact) mass is 296 g/mol. The molecule has 0 aromatic rings. The maximum absolute atomic E-state index is 6.44. The molecule has 0 aromatic carbocycles. The lowest BCUT2D eigenvalue weighted by molar-refractivity contribution is -0.0418. The predicted octanol–water partition coefficient (Wildman–Crippen LogP) is 6.32. The molecule has 1 aliphatic rings. The van der Waals surface area contributed by atoms with Crippen molar-refractivity contribution < 1.29 is 4.74 Å². The minimum absolute atomic E-state index is 0.494. The second-order valence-corrected chi connectivity index (χ2v) is 7.60. The summed E-state index contributed by atoms with van der Waals surface area (Å²) in [6.45, 7) is 15.4. The van der Waals surface area contributed by atoms with Crippen LogP contribution in [0.2, 0.25) is 0 Å². The highest BCUT2D eigenvalue weighted by atomic mass is 16.5. The summed E-state index contributed by atoms with van der Waals surface area (Å²) in [5.41, 5.74) is 0. The summed E-state index contributed by atoms with van der Waals surface area (Å²) in [6, 6.07) is 0. The average Bonchev–Trinajstić information content (AvgIpc) is 2.59. The van der Waals surface area contributed by atoms with Gasteiger partial charge in [-0.1, -0.05) is 73.6 Å². The molecule has 1 saturated heterocycles. The Labute approximate surface area is 134 Å².